The van der Waals surface area contributed by atoms with Crippen LogP contribution >= 0.6 is 0 Å². The highest BCUT2D eigenvalue weighted by molar-refractivity contribution is 5.23. The van der Waals surface area contributed by atoms with E-state index in [-0.39, 0.29) is 11.9 Å². The van der Waals surface area contributed by atoms with E-state index < -0.39 is 0 Å². The van der Waals surface area contributed by atoms with Crippen LogP contribution in [0, 0.1) is 12.7 Å². The molecule has 0 radical (unpaired) electrons. The summed E-state index contributed by atoms with van der Waals surface area (Å²) in [5, 5.41) is 3.33. The summed E-state index contributed by atoms with van der Waals surface area (Å²) in [7, 11) is 0. The third kappa shape index (κ3) is 3.14. The maximum atomic E-state index is 13.4. The molecule has 2 aromatic rings. The zero-order chi connectivity index (χ0) is 13.0. The van der Waals surface area contributed by atoms with Crippen molar-refractivity contribution >= 4 is 0 Å². The maximum Gasteiger partial charge on any atom is 0.126 e. The standard InChI is InChI=1S/C15H17FN2/c1-11-6-7-13(9-14(11)16)10-18-12(2)15-5-3-4-8-17-15/h3-9,12,18H,10H2,1-2H3/t12-/m0/s1. The molecule has 1 aromatic carbocycles. The van der Waals surface area contributed by atoms with Gasteiger partial charge in [0.15, 0.2) is 0 Å². The van der Waals surface area contributed by atoms with E-state index in [9.17, 15) is 4.39 Å². The van der Waals surface area contributed by atoms with Crippen LogP contribution in [0.1, 0.15) is 29.8 Å². The Morgan fingerprint density at radius 1 is 1.28 bits per heavy atom. The summed E-state index contributed by atoms with van der Waals surface area (Å²) < 4.78 is 13.4. The molecule has 3 heteroatoms. The number of halogens is 1. The van der Waals surface area contributed by atoms with Crippen LogP contribution in [0.4, 0.5) is 4.39 Å². The molecular formula is C15H17FN2. The second-order valence-electron chi connectivity index (χ2n) is 4.44. The first-order valence-electron chi connectivity index (χ1n) is 6.06. The van der Waals surface area contributed by atoms with Crippen LogP contribution < -0.4 is 5.32 Å². The summed E-state index contributed by atoms with van der Waals surface area (Å²) >= 11 is 0. The number of benzene rings is 1. The van der Waals surface area contributed by atoms with Crippen molar-refractivity contribution in [3.63, 3.8) is 0 Å². The molecule has 1 aromatic heterocycles. The Labute approximate surface area is 107 Å². The zero-order valence-electron chi connectivity index (χ0n) is 10.7. The lowest BCUT2D eigenvalue weighted by molar-refractivity contribution is 0.556. The van der Waals surface area contributed by atoms with Gasteiger partial charge in [-0.15, -0.1) is 0 Å². The van der Waals surface area contributed by atoms with Gasteiger partial charge in [0.2, 0.25) is 0 Å². The van der Waals surface area contributed by atoms with Crippen LogP contribution in [-0.4, -0.2) is 4.98 Å². The third-order valence-electron chi connectivity index (χ3n) is 2.98. The van der Waals surface area contributed by atoms with Crippen LogP contribution in [0.5, 0.6) is 0 Å². The van der Waals surface area contributed by atoms with Crippen molar-refractivity contribution < 1.29 is 4.39 Å². The van der Waals surface area contributed by atoms with E-state index in [1.165, 1.54) is 0 Å². The van der Waals surface area contributed by atoms with E-state index in [1.807, 2.05) is 31.2 Å². The predicted molar refractivity (Wildman–Crippen MR) is 70.6 cm³/mol. The molecule has 1 heterocycles. The first kappa shape index (κ1) is 12.7. The number of nitrogens with zero attached hydrogens (tertiary/aromatic N) is 1. The van der Waals surface area contributed by atoms with E-state index >= 15 is 0 Å². The Kier molecular flexibility index (Phi) is 4.05. The lowest BCUT2D eigenvalue weighted by Crippen LogP contribution is -2.19. The fourth-order valence-electron chi connectivity index (χ4n) is 1.75. The number of aromatic nitrogens is 1. The lowest BCUT2D eigenvalue weighted by atomic mass is 10.1. The molecule has 0 aliphatic rings. The predicted octanol–water partition coefficient (Wildman–Crippen LogP) is 3.38. The normalized spacial score (nSPS) is 12.4. The van der Waals surface area contributed by atoms with Gasteiger partial charge in [-0.3, -0.25) is 4.98 Å². The van der Waals surface area contributed by atoms with Crippen molar-refractivity contribution in [2.24, 2.45) is 0 Å². The van der Waals surface area contributed by atoms with Gasteiger partial charge in [0.25, 0.3) is 0 Å². The van der Waals surface area contributed by atoms with Crippen LogP contribution in [0.25, 0.3) is 0 Å². The van der Waals surface area contributed by atoms with Crippen molar-refractivity contribution in [1.82, 2.24) is 10.3 Å². The van der Waals surface area contributed by atoms with Gasteiger partial charge in [-0.2, -0.15) is 0 Å². The van der Waals surface area contributed by atoms with Crippen LogP contribution in [0.2, 0.25) is 0 Å². The molecule has 0 unspecified atom stereocenters. The Bertz CT molecular complexity index is 511. The quantitative estimate of drug-likeness (QED) is 0.891. The summed E-state index contributed by atoms with van der Waals surface area (Å²) in [5.41, 5.74) is 2.61. The van der Waals surface area contributed by atoms with E-state index in [1.54, 1.807) is 25.3 Å². The first-order chi connectivity index (χ1) is 8.66. The van der Waals surface area contributed by atoms with E-state index in [0.717, 1.165) is 11.3 Å². The molecule has 0 spiro atoms. The summed E-state index contributed by atoms with van der Waals surface area (Å²) in [6, 6.07) is 11.3. The van der Waals surface area contributed by atoms with Gasteiger partial charge < -0.3 is 5.32 Å². The molecule has 2 rings (SSSR count). The largest absolute Gasteiger partial charge is 0.305 e. The molecule has 18 heavy (non-hydrogen) atoms. The van der Waals surface area contributed by atoms with Gasteiger partial charge in [-0.25, -0.2) is 4.39 Å². The molecule has 2 nitrogen and oxygen atoms in total. The van der Waals surface area contributed by atoms with Gasteiger partial charge in [0, 0.05) is 18.8 Å². The van der Waals surface area contributed by atoms with Crippen molar-refractivity contribution in [2.75, 3.05) is 0 Å². The molecule has 1 N–H and O–H groups in total. The van der Waals surface area contributed by atoms with Crippen LogP contribution in [-0.2, 0) is 6.54 Å². The van der Waals surface area contributed by atoms with E-state index in [2.05, 4.69) is 10.3 Å². The minimum atomic E-state index is -0.153. The van der Waals surface area contributed by atoms with E-state index in [4.69, 9.17) is 0 Å². The van der Waals surface area contributed by atoms with Crippen molar-refractivity contribution in [3.8, 4) is 0 Å². The number of hydrogen-bond donors (Lipinski definition) is 1. The molecular weight excluding hydrogens is 227 g/mol. The number of nitrogens with one attached hydrogen (secondary N) is 1. The molecule has 0 aliphatic heterocycles. The maximum absolute atomic E-state index is 13.4. The van der Waals surface area contributed by atoms with E-state index in [0.29, 0.717) is 12.1 Å². The zero-order valence-corrected chi connectivity index (χ0v) is 10.7. The highest BCUT2D eigenvalue weighted by Crippen LogP contribution is 2.12. The number of pyridine rings is 1. The molecule has 0 amide bonds. The van der Waals surface area contributed by atoms with Gasteiger partial charge in [-0.1, -0.05) is 18.2 Å². The van der Waals surface area contributed by atoms with Crippen molar-refractivity contribution in [3.05, 3.63) is 65.2 Å². The first-order valence-corrected chi connectivity index (χ1v) is 6.06. The summed E-state index contributed by atoms with van der Waals surface area (Å²) in [6.07, 6.45) is 1.78. The van der Waals surface area contributed by atoms with Gasteiger partial charge >= 0.3 is 0 Å². The van der Waals surface area contributed by atoms with Crippen LogP contribution in [0.3, 0.4) is 0 Å². The summed E-state index contributed by atoms with van der Waals surface area (Å²) in [6.45, 7) is 4.45. The van der Waals surface area contributed by atoms with Crippen molar-refractivity contribution in [1.29, 1.82) is 0 Å². The number of rotatable bonds is 4. The van der Waals surface area contributed by atoms with Gasteiger partial charge in [-0.05, 0) is 43.2 Å². The highest BCUT2D eigenvalue weighted by atomic mass is 19.1. The Hall–Kier alpha value is -1.74. The smallest absolute Gasteiger partial charge is 0.126 e. The third-order valence-corrected chi connectivity index (χ3v) is 2.98. The average Bonchev–Trinajstić information content (AvgIpc) is 2.41. The fourth-order valence-corrected chi connectivity index (χ4v) is 1.75. The molecule has 0 saturated carbocycles. The van der Waals surface area contributed by atoms with Crippen LogP contribution in [0.15, 0.2) is 42.6 Å². The Morgan fingerprint density at radius 2 is 2.11 bits per heavy atom. The minimum absolute atomic E-state index is 0.149. The molecule has 0 fully saturated rings. The topological polar surface area (TPSA) is 24.9 Å². The van der Waals surface area contributed by atoms with Crippen molar-refractivity contribution in [2.45, 2.75) is 26.4 Å². The van der Waals surface area contributed by atoms with Gasteiger partial charge in [0.05, 0.1) is 5.69 Å². The molecule has 1 atom stereocenters. The lowest BCUT2D eigenvalue weighted by Gasteiger charge is -2.13. The summed E-state index contributed by atoms with van der Waals surface area (Å²) in [5.74, 6) is -0.153. The fraction of sp³-hybridized carbons (Fsp3) is 0.267. The highest BCUT2D eigenvalue weighted by Gasteiger charge is 2.06. The second kappa shape index (κ2) is 5.74. The molecule has 94 valence electrons. The molecule has 0 saturated heterocycles. The number of aryl methyl sites for hydroxylation is 1. The van der Waals surface area contributed by atoms with Gasteiger partial charge in [0.1, 0.15) is 5.82 Å². The Balaban J connectivity index is 1.97. The second-order valence-corrected chi connectivity index (χ2v) is 4.44. The number of hydrogen-bond acceptors (Lipinski definition) is 2. The monoisotopic (exact) mass is 244 g/mol. The Morgan fingerprint density at radius 3 is 2.78 bits per heavy atom. The molecule has 0 bridgehead atoms. The average molecular weight is 244 g/mol. The minimum Gasteiger partial charge on any atom is -0.305 e. The SMILES string of the molecule is Cc1ccc(CN[C@@H](C)c2ccccn2)cc1F. The molecule has 0 aliphatic carbocycles. The summed E-state index contributed by atoms with van der Waals surface area (Å²) in [4.78, 5) is 4.29.